The minimum absolute atomic E-state index is 0. The van der Waals surface area contributed by atoms with Crippen molar-refractivity contribution in [2.45, 2.75) is 39.5 Å². The van der Waals surface area contributed by atoms with Crippen LogP contribution < -0.4 is 5.11 Å². The maximum absolute atomic E-state index is 9.98. The van der Waals surface area contributed by atoms with Crippen LogP contribution in [0.2, 0.25) is 0 Å². The molecule has 0 aliphatic heterocycles. The fraction of sp³-hybridized carbons (Fsp3) is 0.462. The van der Waals surface area contributed by atoms with Gasteiger partial charge in [-0.2, -0.15) is 0 Å². The quantitative estimate of drug-likeness (QED) is 0.323. The molecule has 1 rings (SSSR count). The maximum atomic E-state index is 9.98. The van der Waals surface area contributed by atoms with Crippen LogP contribution in [0.5, 0.6) is 0 Å². The molecule has 0 saturated heterocycles. The first-order valence-corrected chi connectivity index (χ1v) is 5.29. The Kier molecular flexibility index (Phi) is 13.7. The molecule has 0 aromatic rings. The summed E-state index contributed by atoms with van der Waals surface area (Å²) in [5.41, 5.74) is 0. The summed E-state index contributed by atoms with van der Waals surface area (Å²) in [7, 11) is 0. The van der Waals surface area contributed by atoms with E-state index in [1.54, 1.807) is 0 Å². The van der Waals surface area contributed by atoms with E-state index >= 15 is 0 Å². The monoisotopic (exact) mass is 310 g/mol. The van der Waals surface area contributed by atoms with Gasteiger partial charge in [0.15, 0.2) is 5.78 Å². The standard InChI is InChI=1S/C8H12.C5H8O2.Rh/c1-2-4-6-8-7-5-3-1;1-4(6)3-5(2)7;/h1-2,7-8H,3-6H2;3,6H,1-2H3;/p-1/b2-1-,8-7-;4-3-;. The van der Waals surface area contributed by atoms with E-state index < -0.39 is 0 Å². The predicted octanol–water partition coefficient (Wildman–Crippen LogP) is 2.51. The van der Waals surface area contributed by atoms with Crippen LogP contribution in [0.1, 0.15) is 39.5 Å². The first kappa shape index (κ1) is 17.7. The fourth-order valence-corrected chi connectivity index (χ4v) is 1.14. The third-order valence-electron chi connectivity index (χ3n) is 1.74. The van der Waals surface area contributed by atoms with Crippen molar-refractivity contribution in [2.24, 2.45) is 0 Å². The first-order valence-electron chi connectivity index (χ1n) is 5.29. The van der Waals surface area contributed by atoms with Crippen LogP contribution in [-0.4, -0.2) is 5.78 Å². The van der Waals surface area contributed by atoms with Crippen LogP contribution in [0.25, 0.3) is 0 Å². The molecule has 93 valence electrons. The minimum atomic E-state index is -0.187. The molecule has 0 saturated carbocycles. The number of allylic oxidation sites excluding steroid dienone is 6. The molecule has 0 atom stereocenters. The Morgan fingerprint density at radius 1 is 1.00 bits per heavy atom. The van der Waals surface area contributed by atoms with E-state index in [0.29, 0.717) is 0 Å². The minimum Gasteiger partial charge on any atom is -0.876 e. The Bertz CT molecular complexity index is 235. The number of carbonyl (C=O) groups is 1. The molecule has 16 heavy (non-hydrogen) atoms. The van der Waals surface area contributed by atoms with Gasteiger partial charge in [-0.15, -0.1) is 5.76 Å². The Balaban J connectivity index is 0. The van der Waals surface area contributed by atoms with Crippen molar-refractivity contribution in [3.8, 4) is 0 Å². The molecule has 0 amide bonds. The van der Waals surface area contributed by atoms with E-state index in [-0.39, 0.29) is 31.0 Å². The van der Waals surface area contributed by atoms with E-state index in [1.807, 2.05) is 0 Å². The van der Waals surface area contributed by atoms with Crippen molar-refractivity contribution in [3.05, 3.63) is 36.1 Å². The average Bonchev–Trinajstić information content (AvgIpc) is 1.99. The Morgan fingerprint density at radius 3 is 1.44 bits per heavy atom. The zero-order chi connectivity index (χ0) is 11.5. The van der Waals surface area contributed by atoms with E-state index in [4.69, 9.17) is 0 Å². The number of hydrogen-bond acceptors (Lipinski definition) is 2. The smallest absolute Gasteiger partial charge is 0.151 e. The van der Waals surface area contributed by atoms with Crippen LogP contribution in [0.3, 0.4) is 0 Å². The summed E-state index contributed by atoms with van der Waals surface area (Å²) in [6.07, 6.45) is 15.1. The van der Waals surface area contributed by atoms with Gasteiger partial charge in [-0.05, 0) is 38.7 Å². The van der Waals surface area contributed by atoms with Gasteiger partial charge in [0, 0.05) is 19.5 Å². The zero-order valence-corrected chi connectivity index (χ0v) is 11.5. The molecule has 0 aromatic heterocycles. The van der Waals surface area contributed by atoms with Gasteiger partial charge >= 0.3 is 0 Å². The molecule has 0 fully saturated rings. The summed E-state index contributed by atoms with van der Waals surface area (Å²) in [6.45, 7) is 2.70. The summed E-state index contributed by atoms with van der Waals surface area (Å²) in [4.78, 5) is 9.98. The summed E-state index contributed by atoms with van der Waals surface area (Å²) in [5, 5.41) is 9.98. The van der Waals surface area contributed by atoms with Gasteiger partial charge in [-0.1, -0.05) is 31.2 Å². The normalized spacial score (nSPS) is 19.0. The van der Waals surface area contributed by atoms with Gasteiger partial charge in [0.05, 0.1) is 0 Å². The van der Waals surface area contributed by atoms with Crippen molar-refractivity contribution in [2.75, 3.05) is 0 Å². The van der Waals surface area contributed by atoms with Crippen molar-refractivity contribution in [1.29, 1.82) is 0 Å². The van der Waals surface area contributed by atoms with Crippen molar-refractivity contribution in [1.82, 2.24) is 0 Å². The van der Waals surface area contributed by atoms with Gasteiger partial charge in [-0.3, -0.25) is 4.79 Å². The van der Waals surface area contributed by atoms with E-state index in [2.05, 4.69) is 24.3 Å². The SMILES string of the molecule is C1=C\CC/C=C\CC/1.CC(=O)/C=C(/C)[O-].[Rh]. The van der Waals surface area contributed by atoms with E-state index in [9.17, 15) is 9.90 Å². The second kappa shape index (κ2) is 12.4. The van der Waals surface area contributed by atoms with Crippen molar-refractivity contribution < 1.29 is 29.4 Å². The molecule has 0 aromatic carbocycles. The number of carbonyl (C=O) groups excluding carboxylic acids is 1. The molecule has 0 unspecified atom stereocenters. The molecule has 1 radical (unpaired) electrons. The van der Waals surface area contributed by atoms with Crippen LogP contribution in [-0.2, 0) is 24.3 Å². The molecule has 0 spiro atoms. The second-order valence-electron chi connectivity index (χ2n) is 3.46. The molecule has 0 N–H and O–H groups in total. The molecular weight excluding hydrogens is 291 g/mol. The predicted molar refractivity (Wildman–Crippen MR) is 61.2 cm³/mol. The third kappa shape index (κ3) is 15.8. The molecular formula is C13H19O2Rh-. The average molecular weight is 310 g/mol. The summed E-state index contributed by atoms with van der Waals surface area (Å²) in [5.74, 6) is -0.375. The van der Waals surface area contributed by atoms with Crippen LogP contribution >= 0.6 is 0 Å². The number of hydrogen-bond donors (Lipinski definition) is 0. The van der Waals surface area contributed by atoms with Gasteiger partial charge in [0.2, 0.25) is 0 Å². The van der Waals surface area contributed by atoms with Crippen LogP contribution in [0, 0.1) is 0 Å². The van der Waals surface area contributed by atoms with Gasteiger partial charge in [0.1, 0.15) is 0 Å². The molecule has 2 nitrogen and oxygen atoms in total. The molecule has 0 bridgehead atoms. The molecule has 1 aliphatic rings. The Morgan fingerprint density at radius 2 is 1.31 bits per heavy atom. The topological polar surface area (TPSA) is 40.1 Å². The second-order valence-corrected chi connectivity index (χ2v) is 3.46. The molecule has 3 heteroatoms. The maximum Gasteiger partial charge on any atom is 0.151 e. The third-order valence-corrected chi connectivity index (χ3v) is 1.74. The number of ketones is 1. The molecule has 0 heterocycles. The van der Waals surface area contributed by atoms with E-state index in [1.165, 1.54) is 39.5 Å². The van der Waals surface area contributed by atoms with Crippen LogP contribution in [0.15, 0.2) is 36.1 Å². The Labute approximate surface area is 111 Å². The first-order chi connectivity index (χ1) is 7.13. The fourth-order valence-electron chi connectivity index (χ4n) is 1.14. The number of rotatable bonds is 1. The van der Waals surface area contributed by atoms with Crippen LogP contribution in [0.4, 0.5) is 0 Å². The zero-order valence-electron chi connectivity index (χ0n) is 9.87. The largest absolute Gasteiger partial charge is 0.876 e. The van der Waals surface area contributed by atoms with Crippen molar-refractivity contribution in [3.63, 3.8) is 0 Å². The summed E-state index contributed by atoms with van der Waals surface area (Å²) < 4.78 is 0. The molecule has 1 aliphatic carbocycles. The summed E-state index contributed by atoms with van der Waals surface area (Å²) >= 11 is 0. The van der Waals surface area contributed by atoms with Gasteiger partial charge in [0.25, 0.3) is 0 Å². The van der Waals surface area contributed by atoms with Gasteiger partial charge < -0.3 is 5.11 Å². The Hall–Kier alpha value is -0.687. The van der Waals surface area contributed by atoms with Gasteiger partial charge in [-0.25, -0.2) is 0 Å². The summed E-state index contributed by atoms with van der Waals surface area (Å²) in [6, 6.07) is 0. The van der Waals surface area contributed by atoms with Crippen molar-refractivity contribution >= 4 is 5.78 Å². The van der Waals surface area contributed by atoms with E-state index in [0.717, 1.165) is 6.08 Å².